The third-order valence-electron chi connectivity index (χ3n) is 2.34. The summed E-state index contributed by atoms with van der Waals surface area (Å²) in [5, 5.41) is 10.9. The van der Waals surface area contributed by atoms with E-state index in [-0.39, 0.29) is 18.9 Å². The van der Waals surface area contributed by atoms with Crippen molar-refractivity contribution in [3.8, 4) is 0 Å². The van der Waals surface area contributed by atoms with Gasteiger partial charge in [0, 0.05) is 6.54 Å². The van der Waals surface area contributed by atoms with Crippen molar-refractivity contribution in [3.05, 3.63) is 0 Å². The first-order valence-corrected chi connectivity index (χ1v) is 5.83. The average molecular weight is 230 g/mol. The van der Waals surface area contributed by atoms with E-state index in [4.69, 9.17) is 10.8 Å². The van der Waals surface area contributed by atoms with Crippen molar-refractivity contribution in [3.63, 3.8) is 0 Å². The number of nitrogens with two attached hydrogens (primary N) is 1. The summed E-state index contributed by atoms with van der Waals surface area (Å²) >= 11 is 0. The van der Waals surface area contributed by atoms with E-state index < -0.39 is 12.0 Å². The molecule has 0 saturated heterocycles. The number of hydrogen-bond donors (Lipinski definition) is 3. The molecule has 0 radical (unpaired) electrons. The molecule has 0 aliphatic rings. The summed E-state index contributed by atoms with van der Waals surface area (Å²) < 4.78 is 0. The Bertz CT molecular complexity index is 219. The van der Waals surface area contributed by atoms with Crippen molar-refractivity contribution < 1.29 is 14.7 Å². The number of amides is 1. The highest BCUT2D eigenvalue weighted by molar-refractivity contribution is 5.81. The van der Waals surface area contributed by atoms with Crippen LogP contribution in [-0.2, 0) is 9.59 Å². The molecule has 16 heavy (non-hydrogen) atoms. The number of carbonyl (C=O) groups is 2. The van der Waals surface area contributed by atoms with Gasteiger partial charge >= 0.3 is 5.97 Å². The molecule has 0 spiro atoms. The molecule has 0 saturated carbocycles. The minimum atomic E-state index is -0.920. The summed E-state index contributed by atoms with van der Waals surface area (Å²) in [5.74, 6) is -1.17. The number of rotatable bonds is 9. The minimum absolute atomic E-state index is 0.0612. The van der Waals surface area contributed by atoms with E-state index in [1.165, 1.54) is 0 Å². The Morgan fingerprint density at radius 3 is 2.56 bits per heavy atom. The van der Waals surface area contributed by atoms with Crippen LogP contribution in [0.5, 0.6) is 0 Å². The number of hydrogen-bond acceptors (Lipinski definition) is 3. The van der Waals surface area contributed by atoms with Gasteiger partial charge in [0.25, 0.3) is 0 Å². The SMILES string of the molecule is CCCCCCC(N)C(=O)NCCC(=O)O. The molecule has 1 unspecified atom stereocenters. The van der Waals surface area contributed by atoms with E-state index in [9.17, 15) is 9.59 Å². The lowest BCUT2D eigenvalue weighted by atomic mass is 10.1. The summed E-state index contributed by atoms with van der Waals surface area (Å²) in [5.41, 5.74) is 5.66. The fraction of sp³-hybridized carbons (Fsp3) is 0.818. The first-order valence-electron chi connectivity index (χ1n) is 5.83. The maximum Gasteiger partial charge on any atom is 0.305 e. The molecular formula is C11H22N2O3. The van der Waals surface area contributed by atoms with Gasteiger partial charge < -0.3 is 16.2 Å². The van der Waals surface area contributed by atoms with Crippen LogP contribution in [0.1, 0.15) is 45.4 Å². The second-order valence-corrected chi connectivity index (χ2v) is 3.89. The molecule has 0 heterocycles. The molecule has 0 aromatic carbocycles. The van der Waals surface area contributed by atoms with Crippen molar-refractivity contribution >= 4 is 11.9 Å². The van der Waals surface area contributed by atoms with Gasteiger partial charge in [-0.15, -0.1) is 0 Å². The molecule has 94 valence electrons. The van der Waals surface area contributed by atoms with Crippen LogP contribution in [0.2, 0.25) is 0 Å². The summed E-state index contributed by atoms with van der Waals surface area (Å²) in [7, 11) is 0. The van der Waals surface area contributed by atoms with Crippen LogP contribution in [0, 0.1) is 0 Å². The van der Waals surface area contributed by atoms with Gasteiger partial charge in [-0.25, -0.2) is 0 Å². The van der Waals surface area contributed by atoms with Gasteiger partial charge in [-0.3, -0.25) is 9.59 Å². The van der Waals surface area contributed by atoms with E-state index in [1.807, 2.05) is 0 Å². The highest BCUT2D eigenvalue weighted by Crippen LogP contribution is 2.04. The van der Waals surface area contributed by atoms with Gasteiger partial charge in [0.05, 0.1) is 12.5 Å². The standard InChI is InChI=1S/C11H22N2O3/c1-2-3-4-5-6-9(12)11(16)13-8-7-10(14)15/h9H,2-8,12H2,1H3,(H,13,16)(H,14,15). The molecule has 1 atom stereocenters. The van der Waals surface area contributed by atoms with Gasteiger partial charge in [-0.05, 0) is 6.42 Å². The highest BCUT2D eigenvalue weighted by Gasteiger charge is 2.12. The van der Waals surface area contributed by atoms with Gasteiger partial charge in [0.2, 0.25) is 5.91 Å². The zero-order chi connectivity index (χ0) is 12.4. The number of nitrogens with one attached hydrogen (secondary N) is 1. The fourth-order valence-corrected chi connectivity index (χ4v) is 1.35. The van der Waals surface area contributed by atoms with E-state index >= 15 is 0 Å². The summed E-state index contributed by atoms with van der Waals surface area (Å²) in [6.45, 7) is 2.27. The third-order valence-corrected chi connectivity index (χ3v) is 2.34. The molecule has 5 nitrogen and oxygen atoms in total. The second kappa shape index (κ2) is 9.15. The number of unbranched alkanes of at least 4 members (excludes halogenated alkanes) is 3. The Labute approximate surface area is 96.4 Å². The molecule has 4 N–H and O–H groups in total. The van der Waals surface area contributed by atoms with Crippen molar-refractivity contribution in [2.75, 3.05) is 6.54 Å². The second-order valence-electron chi connectivity index (χ2n) is 3.89. The first-order chi connectivity index (χ1) is 7.57. The topological polar surface area (TPSA) is 92.4 Å². The van der Waals surface area contributed by atoms with E-state index in [2.05, 4.69) is 12.2 Å². The van der Waals surface area contributed by atoms with Crippen molar-refractivity contribution in [1.82, 2.24) is 5.32 Å². The molecule has 1 amide bonds. The lowest BCUT2D eigenvalue weighted by Crippen LogP contribution is -2.41. The highest BCUT2D eigenvalue weighted by atomic mass is 16.4. The molecule has 0 rings (SSSR count). The number of carboxylic acids is 1. The van der Waals surface area contributed by atoms with Crippen molar-refractivity contribution in [2.24, 2.45) is 5.73 Å². The molecule has 0 fully saturated rings. The third kappa shape index (κ3) is 8.23. The molecule has 0 aliphatic heterocycles. The quantitative estimate of drug-likeness (QED) is 0.512. The fourth-order valence-electron chi connectivity index (χ4n) is 1.35. The lowest BCUT2D eigenvalue weighted by Gasteiger charge is -2.11. The lowest BCUT2D eigenvalue weighted by molar-refractivity contribution is -0.136. The Hall–Kier alpha value is -1.10. The number of carbonyl (C=O) groups excluding carboxylic acids is 1. The summed E-state index contributed by atoms with van der Waals surface area (Å²) in [6.07, 6.45) is 4.95. The Balaban J connectivity index is 3.53. The normalized spacial score (nSPS) is 12.1. The van der Waals surface area contributed by atoms with E-state index in [1.54, 1.807) is 0 Å². The molecule has 0 aromatic heterocycles. The van der Waals surface area contributed by atoms with Crippen LogP contribution in [0.15, 0.2) is 0 Å². The number of carboxylic acid groups (broad SMARTS) is 1. The van der Waals surface area contributed by atoms with E-state index in [0.29, 0.717) is 6.42 Å². The van der Waals surface area contributed by atoms with Crippen molar-refractivity contribution in [2.45, 2.75) is 51.5 Å². The summed E-state index contributed by atoms with van der Waals surface area (Å²) in [6, 6.07) is -0.509. The maximum absolute atomic E-state index is 11.4. The van der Waals surface area contributed by atoms with Gasteiger partial charge in [-0.1, -0.05) is 32.6 Å². The predicted octanol–water partition coefficient (Wildman–Crippen LogP) is 0.875. The Kier molecular flexibility index (Phi) is 8.52. The van der Waals surface area contributed by atoms with Crippen LogP contribution >= 0.6 is 0 Å². The van der Waals surface area contributed by atoms with Crippen LogP contribution in [-0.4, -0.2) is 29.6 Å². The van der Waals surface area contributed by atoms with Crippen LogP contribution < -0.4 is 11.1 Å². The largest absolute Gasteiger partial charge is 0.481 e. The number of aliphatic carboxylic acids is 1. The van der Waals surface area contributed by atoms with Crippen LogP contribution in [0.25, 0.3) is 0 Å². The van der Waals surface area contributed by atoms with Crippen molar-refractivity contribution in [1.29, 1.82) is 0 Å². The maximum atomic E-state index is 11.4. The average Bonchev–Trinajstić information content (AvgIpc) is 2.23. The first kappa shape index (κ1) is 14.9. The summed E-state index contributed by atoms with van der Waals surface area (Å²) in [4.78, 5) is 21.6. The van der Waals surface area contributed by atoms with Crippen LogP contribution in [0.3, 0.4) is 0 Å². The molecule has 5 heteroatoms. The smallest absolute Gasteiger partial charge is 0.305 e. The zero-order valence-corrected chi connectivity index (χ0v) is 9.87. The molecule has 0 aromatic rings. The Morgan fingerprint density at radius 2 is 2.00 bits per heavy atom. The van der Waals surface area contributed by atoms with Gasteiger partial charge in [-0.2, -0.15) is 0 Å². The monoisotopic (exact) mass is 230 g/mol. The van der Waals surface area contributed by atoms with E-state index in [0.717, 1.165) is 25.7 Å². The zero-order valence-electron chi connectivity index (χ0n) is 9.87. The molecular weight excluding hydrogens is 208 g/mol. The van der Waals surface area contributed by atoms with Gasteiger partial charge in [0.1, 0.15) is 0 Å². The molecule has 0 aliphatic carbocycles. The molecule has 0 bridgehead atoms. The van der Waals surface area contributed by atoms with Gasteiger partial charge in [0.15, 0.2) is 0 Å². The Morgan fingerprint density at radius 1 is 1.31 bits per heavy atom. The predicted molar refractivity (Wildman–Crippen MR) is 62.0 cm³/mol. The van der Waals surface area contributed by atoms with Crippen LogP contribution in [0.4, 0.5) is 0 Å². The minimum Gasteiger partial charge on any atom is -0.481 e.